The zero-order valence-corrected chi connectivity index (χ0v) is 5.81. The molecule has 0 aromatic heterocycles. The van der Waals surface area contributed by atoms with Crippen molar-refractivity contribution < 1.29 is 0 Å². The van der Waals surface area contributed by atoms with Gasteiger partial charge < -0.3 is 5.43 Å². The second-order valence-corrected chi connectivity index (χ2v) is 0.737. The van der Waals surface area contributed by atoms with Gasteiger partial charge in [0.25, 0.3) is 0 Å². The van der Waals surface area contributed by atoms with E-state index >= 15 is 0 Å². The van der Waals surface area contributed by atoms with E-state index in [1.54, 1.807) is 19.3 Å². The van der Waals surface area contributed by atoms with Gasteiger partial charge in [0.1, 0.15) is 0 Å². The maximum Gasteiger partial charge on any atom is 0.0462 e. The molecular weight excluding hydrogens is 100 g/mol. The summed E-state index contributed by atoms with van der Waals surface area (Å²) in [5.74, 6) is 0. The van der Waals surface area contributed by atoms with Gasteiger partial charge in [-0.05, 0) is 6.08 Å². The van der Waals surface area contributed by atoms with Gasteiger partial charge in [0.15, 0.2) is 0 Å². The lowest BCUT2D eigenvalue weighted by molar-refractivity contribution is 0.909. The highest BCUT2D eigenvalue weighted by Gasteiger charge is 1.49. The lowest BCUT2D eigenvalue weighted by Crippen LogP contribution is -1.91. The highest BCUT2D eigenvalue weighted by molar-refractivity contribution is 5.69. The van der Waals surface area contributed by atoms with Crippen LogP contribution >= 0.6 is 0 Å². The van der Waals surface area contributed by atoms with Gasteiger partial charge in [0.2, 0.25) is 0 Å². The summed E-state index contributed by atoms with van der Waals surface area (Å²) in [5, 5.41) is 3.60. The molecule has 8 heavy (non-hydrogen) atoms. The molecule has 0 spiro atoms. The van der Waals surface area contributed by atoms with Crippen LogP contribution in [0.1, 0.15) is 13.8 Å². The van der Waals surface area contributed by atoms with Crippen LogP contribution in [0.4, 0.5) is 0 Å². The Kier molecular flexibility index (Phi) is 20.9. The summed E-state index contributed by atoms with van der Waals surface area (Å²) in [6.07, 6.45) is 3.19. The lowest BCUT2D eigenvalue weighted by Gasteiger charge is -1.76. The molecule has 0 heterocycles. The molecule has 0 atom stereocenters. The van der Waals surface area contributed by atoms with Gasteiger partial charge in [-0.3, -0.25) is 0 Å². The number of rotatable bonds is 2. The molecule has 0 aliphatic carbocycles. The Balaban J connectivity index is 0. The molecule has 0 bridgehead atoms. The normalized spacial score (nSPS) is 7.38. The molecule has 0 aliphatic heterocycles. The average Bonchev–Trinajstić information content (AvgIpc) is 1.88. The van der Waals surface area contributed by atoms with Crippen LogP contribution in [0.15, 0.2) is 17.8 Å². The predicted molar refractivity (Wildman–Crippen MR) is 39.1 cm³/mol. The van der Waals surface area contributed by atoms with Crippen molar-refractivity contribution in [2.75, 3.05) is 7.05 Å². The molecule has 0 aromatic carbocycles. The Bertz CT molecular complexity index is 57.5. The van der Waals surface area contributed by atoms with Crippen LogP contribution < -0.4 is 5.43 Å². The van der Waals surface area contributed by atoms with Crippen LogP contribution in [0.5, 0.6) is 0 Å². The first kappa shape index (κ1) is 10.2. The summed E-state index contributed by atoms with van der Waals surface area (Å²) >= 11 is 0. The minimum atomic E-state index is 1.58. The Morgan fingerprint density at radius 2 is 2.00 bits per heavy atom. The van der Waals surface area contributed by atoms with E-state index in [9.17, 15) is 0 Å². The van der Waals surface area contributed by atoms with Crippen LogP contribution in [-0.4, -0.2) is 13.3 Å². The Morgan fingerprint density at radius 3 is 2.12 bits per heavy atom. The fraction of sp³-hybridized carbons (Fsp3) is 0.500. The first-order valence-electron chi connectivity index (χ1n) is 2.72. The monoisotopic (exact) mass is 114 g/mol. The highest BCUT2D eigenvalue weighted by Crippen LogP contribution is 1.49. The van der Waals surface area contributed by atoms with Crippen LogP contribution in [0.25, 0.3) is 0 Å². The summed E-state index contributed by atoms with van der Waals surface area (Å²) in [5.41, 5.74) is 2.57. The molecule has 2 nitrogen and oxygen atoms in total. The maximum absolute atomic E-state index is 3.60. The first-order valence-corrected chi connectivity index (χ1v) is 2.72. The number of nitrogens with zero attached hydrogens (tertiary/aromatic N) is 1. The van der Waals surface area contributed by atoms with Gasteiger partial charge in [-0.1, -0.05) is 20.4 Å². The topological polar surface area (TPSA) is 24.4 Å². The van der Waals surface area contributed by atoms with Gasteiger partial charge in [-0.15, -0.1) is 0 Å². The molecule has 0 saturated carbocycles. The van der Waals surface area contributed by atoms with Crippen molar-refractivity contribution >= 4 is 6.21 Å². The predicted octanol–water partition coefficient (Wildman–Crippen LogP) is 1.40. The zero-order valence-electron chi connectivity index (χ0n) is 5.81. The molecule has 0 fully saturated rings. The van der Waals surface area contributed by atoms with E-state index in [0.29, 0.717) is 0 Å². The third-order valence-corrected chi connectivity index (χ3v) is 0.309. The summed E-state index contributed by atoms with van der Waals surface area (Å²) < 4.78 is 0. The van der Waals surface area contributed by atoms with Crippen molar-refractivity contribution in [3.05, 3.63) is 12.7 Å². The van der Waals surface area contributed by atoms with Crippen molar-refractivity contribution in [2.24, 2.45) is 5.10 Å². The van der Waals surface area contributed by atoms with Gasteiger partial charge in [-0.2, -0.15) is 5.10 Å². The van der Waals surface area contributed by atoms with E-state index in [0.717, 1.165) is 0 Å². The zero-order chi connectivity index (χ0) is 6.83. The van der Waals surface area contributed by atoms with E-state index < -0.39 is 0 Å². The molecule has 1 N–H and O–H groups in total. The molecule has 0 rings (SSSR count). The Hall–Kier alpha value is -0.790. The first-order chi connectivity index (χ1) is 3.91. The quantitative estimate of drug-likeness (QED) is 0.426. The number of allylic oxidation sites excluding steroid dienone is 1. The molecule has 0 saturated heterocycles. The second-order valence-electron chi connectivity index (χ2n) is 0.737. The summed E-state index contributed by atoms with van der Waals surface area (Å²) in [6.45, 7) is 7.41. The third kappa shape index (κ3) is 18.9. The summed E-state index contributed by atoms with van der Waals surface area (Å²) in [4.78, 5) is 0. The Morgan fingerprint density at radius 1 is 1.50 bits per heavy atom. The van der Waals surface area contributed by atoms with Crippen molar-refractivity contribution in [1.29, 1.82) is 0 Å². The van der Waals surface area contributed by atoms with Crippen molar-refractivity contribution in [3.8, 4) is 0 Å². The van der Waals surface area contributed by atoms with Gasteiger partial charge in [0, 0.05) is 13.3 Å². The fourth-order valence-corrected chi connectivity index (χ4v) is 0.127. The van der Waals surface area contributed by atoms with E-state index in [2.05, 4.69) is 17.1 Å². The number of hydrazone groups is 1. The van der Waals surface area contributed by atoms with E-state index in [-0.39, 0.29) is 0 Å². The van der Waals surface area contributed by atoms with Crippen LogP contribution in [0.3, 0.4) is 0 Å². The maximum atomic E-state index is 3.60. The molecule has 48 valence electrons. The van der Waals surface area contributed by atoms with Crippen LogP contribution in [-0.2, 0) is 0 Å². The molecule has 0 aliphatic rings. The minimum Gasteiger partial charge on any atom is -0.313 e. The van der Waals surface area contributed by atoms with Crippen LogP contribution in [0, 0.1) is 0 Å². The van der Waals surface area contributed by atoms with Crippen molar-refractivity contribution in [2.45, 2.75) is 13.8 Å². The van der Waals surface area contributed by atoms with Crippen LogP contribution in [0.2, 0.25) is 0 Å². The molecule has 0 aromatic rings. The Labute approximate surface area is 51.3 Å². The summed E-state index contributed by atoms with van der Waals surface area (Å²) in [7, 11) is 1.74. The number of hydrogen-bond donors (Lipinski definition) is 1. The van der Waals surface area contributed by atoms with Gasteiger partial charge >= 0.3 is 0 Å². The van der Waals surface area contributed by atoms with E-state index in [1.807, 2.05) is 13.8 Å². The van der Waals surface area contributed by atoms with E-state index in [4.69, 9.17) is 0 Å². The molecule has 0 radical (unpaired) electrons. The molecular formula is C6H14N2. The van der Waals surface area contributed by atoms with Crippen molar-refractivity contribution in [3.63, 3.8) is 0 Å². The van der Waals surface area contributed by atoms with Gasteiger partial charge in [-0.25, -0.2) is 0 Å². The fourth-order valence-electron chi connectivity index (χ4n) is 0.127. The SMILES string of the molecule is C=C/C=N\NC.CC. The molecule has 2 heteroatoms. The van der Waals surface area contributed by atoms with E-state index in [1.165, 1.54) is 0 Å². The third-order valence-electron chi connectivity index (χ3n) is 0.309. The standard InChI is InChI=1S/C4H8N2.C2H6/c1-3-4-6-5-2;1-2/h3-5H,1H2,2H3;1-2H3/b6-4-;. The second kappa shape index (κ2) is 16.4. The number of nitrogens with one attached hydrogen (secondary N) is 1. The van der Waals surface area contributed by atoms with Crippen molar-refractivity contribution in [1.82, 2.24) is 5.43 Å². The highest BCUT2D eigenvalue weighted by atomic mass is 15.3. The summed E-state index contributed by atoms with van der Waals surface area (Å²) in [6, 6.07) is 0. The minimum absolute atomic E-state index is 1.58. The average molecular weight is 114 g/mol. The molecule has 0 amide bonds. The molecule has 0 unspecified atom stereocenters. The lowest BCUT2D eigenvalue weighted by atomic mass is 10.7. The van der Waals surface area contributed by atoms with Gasteiger partial charge in [0.05, 0.1) is 0 Å². The largest absolute Gasteiger partial charge is 0.313 e. The smallest absolute Gasteiger partial charge is 0.0462 e. The number of hydrogen-bond acceptors (Lipinski definition) is 2.